The van der Waals surface area contributed by atoms with E-state index in [0.29, 0.717) is 18.4 Å². The van der Waals surface area contributed by atoms with Gasteiger partial charge in [0.05, 0.1) is 6.04 Å². The molecule has 0 aliphatic carbocycles. The van der Waals surface area contributed by atoms with Crippen molar-refractivity contribution in [3.8, 4) is 0 Å². The molecule has 2 rings (SSSR count). The summed E-state index contributed by atoms with van der Waals surface area (Å²) in [7, 11) is 0. The third-order valence-corrected chi connectivity index (χ3v) is 4.29. The number of carbonyl (C=O) groups is 2. The van der Waals surface area contributed by atoms with Crippen LogP contribution in [0, 0.1) is 0 Å². The van der Waals surface area contributed by atoms with Crippen molar-refractivity contribution < 1.29 is 14.3 Å². The van der Waals surface area contributed by atoms with Gasteiger partial charge in [-0.25, -0.2) is 9.69 Å². The molecule has 1 aliphatic heterocycles. The highest BCUT2D eigenvalue weighted by atomic mass is 16.6. The fourth-order valence-electron chi connectivity index (χ4n) is 2.85. The molecular weight excluding hydrogens is 290 g/mol. The van der Waals surface area contributed by atoms with Gasteiger partial charge in [-0.15, -0.1) is 0 Å². The van der Waals surface area contributed by atoms with Gasteiger partial charge in [0.1, 0.15) is 5.60 Å². The minimum Gasteiger partial charge on any atom is -0.441 e. The molecule has 2 amide bonds. The SMILES string of the molecule is C=C(CCCC)C(=O)N1C(=O)OC(C)(C)C1Cc1ccccc1. The van der Waals surface area contributed by atoms with Crippen molar-refractivity contribution >= 4 is 12.0 Å². The maximum Gasteiger partial charge on any atom is 0.417 e. The minimum absolute atomic E-state index is 0.310. The number of benzene rings is 1. The molecule has 0 N–H and O–H groups in total. The molecular formula is C19H25NO3. The molecule has 0 spiro atoms. The molecule has 1 saturated heterocycles. The summed E-state index contributed by atoms with van der Waals surface area (Å²) in [4.78, 5) is 26.2. The van der Waals surface area contributed by atoms with E-state index in [1.807, 2.05) is 44.2 Å². The second kappa shape index (κ2) is 6.99. The van der Waals surface area contributed by atoms with Crippen molar-refractivity contribution in [1.29, 1.82) is 0 Å². The van der Waals surface area contributed by atoms with Crippen LogP contribution >= 0.6 is 0 Å². The highest BCUT2D eigenvalue weighted by Crippen LogP contribution is 2.33. The second-order valence-corrected chi connectivity index (χ2v) is 6.56. The van der Waals surface area contributed by atoms with Gasteiger partial charge in [0.15, 0.2) is 0 Å². The maximum atomic E-state index is 12.7. The number of amides is 2. The predicted molar refractivity (Wildman–Crippen MR) is 90.0 cm³/mol. The number of ether oxygens (including phenoxy) is 1. The van der Waals surface area contributed by atoms with Crippen molar-refractivity contribution in [2.24, 2.45) is 0 Å². The molecule has 1 aromatic carbocycles. The van der Waals surface area contributed by atoms with E-state index >= 15 is 0 Å². The Morgan fingerprint density at radius 2 is 1.96 bits per heavy atom. The van der Waals surface area contributed by atoms with Crippen LogP contribution in [0.2, 0.25) is 0 Å². The largest absolute Gasteiger partial charge is 0.441 e. The molecule has 1 fully saturated rings. The average molecular weight is 315 g/mol. The van der Waals surface area contributed by atoms with E-state index in [9.17, 15) is 9.59 Å². The average Bonchev–Trinajstić information content (AvgIpc) is 2.74. The lowest BCUT2D eigenvalue weighted by molar-refractivity contribution is -0.125. The van der Waals surface area contributed by atoms with Crippen LogP contribution in [0.25, 0.3) is 0 Å². The second-order valence-electron chi connectivity index (χ2n) is 6.56. The molecule has 4 nitrogen and oxygen atoms in total. The molecule has 0 bridgehead atoms. The van der Waals surface area contributed by atoms with E-state index in [4.69, 9.17) is 4.74 Å². The van der Waals surface area contributed by atoms with Crippen LogP contribution in [-0.4, -0.2) is 28.5 Å². The Labute approximate surface area is 138 Å². The standard InChI is InChI=1S/C19H25NO3/c1-5-6-10-14(2)17(21)20-16(19(3,4)23-18(20)22)13-15-11-8-7-9-12-15/h7-9,11-12,16H,2,5-6,10,13H2,1,3-4H3. The summed E-state index contributed by atoms with van der Waals surface area (Å²) in [5.74, 6) is -0.310. The summed E-state index contributed by atoms with van der Waals surface area (Å²) in [5, 5.41) is 0. The van der Waals surface area contributed by atoms with Gasteiger partial charge in [0.25, 0.3) is 5.91 Å². The Balaban J connectivity index is 2.22. The van der Waals surface area contributed by atoms with Gasteiger partial charge in [-0.1, -0.05) is 50.3 Å². The summed E-state index contributed by atoms with van der Waals surface area (Å²) < 4.78 is 5.45. The van der Waals surface area contributed by atoms with Crippen molar-refractivity contribution in [3.63, 3.8) is 0 Å². The minimum atomic E-state index is -0.715. The Hall–Kier alpha value is -2.10. The predicted octanol–water partition coefficient (Wildman–Crippen LogP) is 4.10. The lowest BCUT2D eigenvalue weighted by Crippen LogP contribution is -2.46. The molecule has 1 unspecified atom stereocenters. The van der Waals surface area contributed by atoms with Crippen LogP contribution in [-0.2, 0) is 16.0 Å². The van der Waals surface area contributed by atoms with Gasteiger partial charge in [0.2, 0.25) is 0 Å². The zero-order valence-corrected chi connectivity index (χ0v) is 14.2. The van der Waals surface area contributed by atoms with E-state index in [1.165, 1.54) is 4.90 Å². The van der Waals surface area contributed by atoms with Crippen LogP contribution in [0.5, 0.6) is 0 Å². The third kappa shape index (κ3) is 3.81. The molecule has 4 heteroatoms. The number of nitrogens with zero attached hydrogens (tertiary/aromatic N) is 1. The quantitative estimate of drug-likeness (QED) is 0.742. The molecule has 0 aromatic heterocycles. The molecule has 1 aliphatic rings. The zero-order chi connectivity index (χ0) is 17.0. The first-order valence-electron chi connectivity index (χ1n) is 8.15. The number of unbranched alkanes of at least 4 members (excludes halogenated alkanes) is 1. The van der Waals surface area contributed by atoms with Crippen molar-refractivity contribution in [2.75, 3.05) is 0 Å². The summed E-state index contributed by atoms with van der Waals surface area (Å²) in [6, 6.07) is 9.50. The van der Waals surface area contributed by atoms with E-state index in [1.54, 1.807) is 0 Å². The normalized spacial score (nSPS) is 19.5. The third-order valence-electron chi connectivity index (χ3n) is 4.29. The van der Waals surface area contributed by atoms with E-state index in [2.05, 4.69) is 13.5 Å². The van der Waals surface area contributed by atoms with Gasteiger partial charge in [-0.05, 0) is 38.7 Å². The van der Waals surface area contributed by atoms with Gasteiger partial charge in [-0.3, -0.25) is 4.79 Å². The molecule has 0 saturated carbocycles. The summed E-state index contributed by atoms with van der Waals surface area (Å²) in [5.41, 5.74) is 0.827. The van der Waals surface area contributed by atoms with Gasteiger partial charge in [-0.2, -0.15) is 0 Å². The zero-order valence-electron chi connectivity index (χ0n) is 14.2. The number of cyclic esters (lactones) is 1. The molecule has 1 heterocycles. The van der Waals surface area contributed by atoms with E-state index < -0.39 is 11.7 Å². The van der Waals surface area contributed by atoms with Crippen molar-refractivity contribution in [2.45, 2.75) is 58.1 Å². The Bertz CT molecular complexity index is 592. The van der Waals surface area contributed by atoms with Crippen LogP contribution in [0.4, 0.5) is 4.79 Å². The number of carbonyl (C=O) groups excluding carboxylic acids is 2. The Morgan fingerprint density at radius 1 is 1.30 bits per heavy atom. The van der Waals surface area contributed by atoms with E-state index in [0.717, 1.165) is 18.4 Å². The molecule has 1 aromatic rings. The van der Waals surface area contributed by atoms with E-state index in [-0.39, 0.29) is 11.9 Å². The first-order valence-corrected chi connectivity index (χ1v) is 8.15. The number of imide groups is 1. The summed E-state index contributed by atoms with van der Waals surface area (Å²) in [6.45, 7) is 9.62. The fraction of sp³-hybridized carbons (Fsp3) is 0.474. The first-order chi connectivity index (χ1) is 10.9. The van der Waals surface area contributed by atoms with Crippen LogP contribution in [0.1, 0.15) is 45.6 Å². The lowest BCUT2D eigenvalue weighted by Gasteiger charge is -2.28. The fourth-order valence-corrected chi connectivity index (χ4v) is 2.85. The molecule has 23 heavy (non-hydrogen) atoms. The van der Waals surface area contributed by atoms with Crippen molar-refractivity contribution in [1.82, 2.24) is 4.90 Å². The van der Waals surface area contributed by atoms with Crippen LogP contribution in [0.15, 0.2) is 42.5 Å². The van der Waals surface area contributed by atoms with Gasteiger partial charge < -0.3 is 4.74 Å². The Kier molecular flexibility index (Phi) is 5.24. The van der Waals surface area contributed by atoms with Crippen LogP contribution < -0.4 is 0 Å². The highest BCUT2D eigenvalue weighted by Gasteiger charge is 2.50. The Morgan fingerprint density at radius 3 is 2.57 bits per heavy atom. The molecule has 0 radical (unpaired) electrons. The number of rotatable bonds is 6. The highest BCUT2D eigenvalue weighted by molar-refractivity contribution is 6.03. The maximum absolute atomic E-state index is 12.7. The van der Waals surface area contributed by atoms with Crippen molar-refractivity contribution in [3.05, 3.63) is 48.0 Å². The van der Waals surface area contributed by atoms with Crippen LogP contribution in [0.3, 0.4) is 0 Å². The topological polar surface area (TPSA) is 46.6 Å². The molecule has 1 atom stereocenters. The number of hydrogen-bond acceptors (Lipinski definition) is 3. The first kappa shape index (κ1) is 17.3. The summed E-state index contributed by atoms with van der Waals surface area (Å²) >= 11 is 0. The number of hydrogen-bond donors (Lipinski definition) is 0. The smallest absolute Gasteiger partial charge is 0.417 e. The monoisotopic (exact) mass is 315 g/mol. The van der Waals surface area contributed by atoms with Gasteiger partial charge in [0, 0.05) is 5.57 Å². The molecule has 124 valence electrons. The lowest BCUT2D eigenvalue weighted by atomic mass is 9.91. The van der Waals surface area contributed by atoms with Gasteiger partial charge >= 0.3 is 6.09 Å². The summed E-state index contributed by atoms with van der Waals surface area (Å²) in [6.07, 6.45) is 2.48.